The molecule has 0 saturated carbocycles. The van der Waals surface area contributed by atoms with Gasteiger partial charge in [-0.2, -0.15) is 0 Å². The molecule has 1 aliphatic rings. The molecule has 23 heavy (non-hydrogen) atoms. The summed E-state index contributed by atoms with van der Waals surface area (Å²) < 4.78 is 14.0. The van der Waals surface area contributed by atoms with Crippen LogP contribution < -0.4 is 11.1 Å². The molecule has 0 fully saturated rings. The number of anilines is 1. The van der Waals surface area contributed by atoms with E-state index in [0.717, 1.165) is 29.5 Å². The van der Waals surface area contributed by atoms with Gasteiger partial charge in [-0.1, -0.05) is 31.2 Å². The number of nitrogens with one attached hydrogen (secondary N) is 1. The van der Waals surface area contributed by atoms with Crippen molar-refractivity contribution < 1.29 is 9.18 Å². The minimum atomic E-state index is -0.174. The van der Waals surface area contributed by atoms with E-state index in [9.17, 15) is 9.18 Å². The Labute approximate surface area is 135 Å². The smallest absolute Gasteiger partial charge is 0.224 e. The lowest BCUT2D eigenvalue weighted by molar-refractivity contribution is -0.121. The van der Waals surface area contributed by atoms with Gasteiger partial charge < -0.3 is 11.1 Å². The van der Waals surface area contributed by atoms with Gasteiger partial charge in [-0.05, 0) is 53.6 Å². The molecule has 2 atom stereocenters. The normalized spacial score (nSPS) is 19.9. The average Bonchev–Trinajstić information content (AvgIpc) is 2.53. The van der Waals surface area contributed by atoms with Gasteiger partial charge in [0.25, 0.3) is 0 Å². The molecule has 1 aliphatic carbocycles. The second-order valence-corrected chi connectivity index (χ2v) is 6.29. The van der Waals surface area contributed by atoms with Crippen LogP contribution in [-0.2, 0) is 17.6 Å². The van der Waals surface area contributed by atoms with Gasteiger partial charge >= 0.3 is 0 Å². The van der Waals surface area contributed by atoms with Crippen molar-refractivity contribution in [1.82, 2.24) is 5.32 Å². The molecule has 2 aromatic carbocycles. The third kappa shape index (κ3) is 3.36. The summed E-state index contributed by atoms with van der Waals surface area (Å²) in [6.07, 6.45) is 1.91. The van der Waals surface area contributed by atoms with E-state index in [1.165, 1.54) is 6.07 Å². The van der Waals surface area contributed by atoms with Crippen LogP contribution >= 0.6 is 0 Å². The summed E-state index contributed by atoms with van der Waals surface area (Å²) in [6, 6.07) is 12.3. The number of rotatable bonds is 3. The third-order valence-electron chi connectivity index (χ3n) is 4.57. The number of carbonyl (C=O) groups is 1. The molecule has 120 valence electrons. The first-order valence-corrected chi connectivity index (χ1v) is 7.95. The number of benzene rings is 2. The number of fused-ring (bicyclic) bond motifs is 1. The van der Waals surface area contributed by atoms with Gasteiger partial charge in [-0.3, -0.25) is 4.79 Å². The maximum Gasteiger partial charge on any atom is 0.224 e. The zero-order chi connectivity index (χ0) is 16.4. The van der Waals surface area contributed by atoms with Crippen LogP contribution in [0.5, 0.6) is 0 Å². The summed E-state index contributed by atoms with van der Waals surface area (Å²) >= 11 is 0. The molecule has 3 nitrogen and oxygen atoms in total. The van der Waals surface area contributed by atoms with Gasteiger partial charge in [-0.25, -0.2) is 4.39 Å². The van der Waals surface area contributed by atoms with E-state index in [2.05, 4.69) is 12.2 Å². The number of hydrogen-bond donors (Lipinski definition) is 2. The minimum absolute atomic E-state index is 0.0521. The second-order valence-electron chi connectivity index (χ2n) is 6.29. The molecule has 0 heterocycles. The van der Waals surface area contributed by atoms with Crippen molar-refractivity contribution in [1.29, 1.82) is 0 Å². The summed E-state index contributed by atoms with van der Waals surface area (Å²) in [6.45, 7) is 2.10. The van der Waals surface area contributed by atoms with Crippen LogP contribution in [0.25, 0.3) is 0 Å². The maximum atomic E-state index is 14.0. The van der Waals surface area contributed by atoms with Gasteiger partial charge in [0.2, 0.25) is 5.91 Å². The number of amides is 1. The summed E-state index contributed by atoms with van der Waals surface area (Å²) in [5.41, 5.74) is 8.90. The lowest BCUT2D eigenvalue weighted by Gasteiger charge is -2.32. The fourth-order valence-corrected chi connectivity index (χ4v) is 3.24. The topological polar surface area (TPSA) is 55.1 Å². The average molecular weight is 312 g/mol. The number of carbonyl (C=O) groups excluding carboxylic acids is 1. The zero-order valence-electron chi connectivity index (χ0n) is 13.2. The first-order valence-electron chi connectivity index (χ1n) is 7.95. The van der Waals surface area contributed by atoms with Crippen LogP contribution in [0, 0.1) is 11.7 Å². The molecule has 0 spiro atoms. The third-order valence-corrected chi connectivity index (χ3v) is 4.57. The Bertz CT molecular complexity index is 712. The van der Waals surface area contributed by atoms with Gasteiger partial charge in [0.15, 0.2) is 0 Å². The quantitative estimate of drug-likeness (QED) is 0.854. The van der Waals surface area contributed by atoms with Crippen molar-refractivity contribution in [3.05, 3.63) is 65.0 Å². The summed E-state index contributed by atoms with van der Waals surface area (Å²) in [4.78, 5) is 12.4. The lowest BCUT2D eigenvalue weighted by Crippen LogP contribution is -2.36. The monoisotopic (exact) mass is 312 g/mol. The maximum absolute atomic E-state index is 14.0. The summed E-state index contributed by atoms with van der Waals surface area (Å²) in [5.74, 6) is 0.0654. The predicted octanol–water partition coefficient (Wildman–Crippen LogP) is 3.39. The fourth-order valence-electron chi connectivity index (χ4n) is 3.24. The Hall–Kier alpha value is -2.36. The van der Waals surface area contributed by atoms with Crippen LogP contribution in [-0.4, -0.2) is 5.91 Å². The van der Waals surface area contributed by atoms with Crippen molar-refractivity contribution in [2.75, 3.05) is 5.73 Å². The van der Waals surface area contributed by atoms with E-state index in [0.29, 0.717) is 18.0 Å². The Balaban J connectivity index is 1.75. The molecule has 0 radical (unpaired) electrons. The van der Waals surface area contributed by atoms with Crippen molar-refractivity contribution in [3.63, 3.8) is 0 Å². The molecule has 0 bridgehead atoms. The van der Waals surface area contributed by atoms with Crippen LogP contribution in [0.3, 0.4) is 0 Å². The van der Waals surface area contributed by atoms with Crippen LogP contribution in [0.1, 0.15) is 36.1 Å². The molecule has 3 N–H and O–H groups in total. The van der Waals surface area contributed by atoms with E-state index in [4.69, 9.17) is 5.73 Å². The highest BCUT2D eigenvalue weighted by atomic mass is 19.1. The summed E-state index contributed by atoms with van der Waals surface area (Å²) in [5, 5.41) is 3.08. The first kappa shape index (κ1) is 15.5. The van der Waals surface area contributed by atoms with Gasteiger partial charge in [0.05, 0.1) is 12.5 Å². The highest BCUT2D eigenvalue weighted by Crippen LogP contribution is 2.35. The standard InChI is InChI=1S/C19H21FN2O/c1-12-5-10-15-16(3-2-4-17(15)20)19(12)22-18(23)11-13-6-8-14(21)9-7-13/h2-4,6-9,12,19H,5,10-11,21H2,1H3,(H,22,23). The lowest BCUT2D eigenvalue weighted by atomic mass is 9.80. The molecule has 0 saturated heterocycles. The number of hydrogen-bond acceptors (Lipinski definition) is 2. The van der Waals surface area contributed by atoms with Crippen molar-refractivity contribution >= 4 is 11.6 Å². The Morgan fingerprint density at radius 1 is 1.26 bits per heavy atom. The molecular weight excluding hydrogens is 291 g/mol. The molecule has 4 heteroatoms. The van der Waals surface area contributed by atoms with Gasteiger partial charge in [0, 0.05) is 5.69 Å². The molecule has 0 aromatic heterocycles. The Morgan fingerprint density at radius 2 is 2.00 bits per heavy atom. The van der Waals surface area contributed by atoms with Crippen LogP contribution in [0.15, 0.2) is 42.5 Å². The molecule has 2 aromatic rings. The minimum Gasteiger partial charge on any atom is -0.399 e. The van der Waals surface area contributed by atoms with E-state index in [1.54, 1.807) is 18.2 Å². The predicted molar refractivity (Wildman–Crippen MR) is 89.3 cm³/mol. The Morgan fingerprint density at radius 3 is 2.74 bits per heavy atom. The molecule has 2 unspecified atom stereocenters. The highest BCUT2D eigenvalue weighted by molar-refractivity contribution is 5.79. The number of nitrogens with two attached hydrogens (primary N) is 1. The van der Waals surface area contributed by atoms with Crippen molar-refractivity contribution in [3.8, 4) is 0 Å². The SMILES string of the molecule is CC1CCc2c(F)cccc2C1NC(=O)Cc1ccc(N)cc1. The van der Waals surface area contributed by atoms with Crippen molar-refractivity contribution in [2.24, 2.45) is 5.92 Å². The Kier molecular flexibility index (Phi) is 4.33. The van der Waals surface area contributed by atoms with E-state index < -0.39 is 0 Å². The van der Waals surface area contributed by atoms with Crippen molar-refractivity contribution in [2.45, 2.75) is 32.2 Å². The van der Waals surface area contributed by atoms with E-state index >= 15 is 0 Å². The summed E-state index contributed by atoms with van der Waals surface area (Å²) in [7, 11) is 0. The van der Waals surface area contributed by atoms with E-state index in [1.807, 2.05) is 18.2 Å². The highest BCUT2D eigenvalue weighted by Gasteiger charge is 2.29. The second kappa shape index (κ2) is 6.41. The van der Waals surface area contributed by atoms with Gasteiger partial charge in [-0.15, -0.1) is 0 Å². The number of nitrogen functional groups attached to an aromatic ring is 1. The molecule has 0 aliphatic heterocycles. The largest absolute Gasteiger partial charge is 0.399 e. The first-order chi connectivity index (χ1) is 11.0. The zero-order valence-corrected chi connectivity index (χ0v) is 13.2. The van der Waals surface area contributed by atoms with Crippen LogP contribution in [0.4, 0.5) is 10.1 Å². The fraction of sp³-hybridized carbons (Fsp3) is 0.316. The van der Waals surface area contributed by atoms with E-state index in [-0.39, 0.29) is 17.8 Å². The molecular formula is C19H21FN2O. The van der Waals surface area contributed by atoms with Gasteiger partial charge in [0.1, 0.15) is 5.82 Å². The molecule has 1 amide bonds. The molecule has 3 rings (SSSR count). The van der Waals surface area contributed by atoms with Crippen LogP contribution in [0.2, 0.25) is 0 Å². The number of halogens is 1.